The van der Waals surface area contributed by atoms with Crippen molar-refractivity contribution in [1.29, 1.82) is 0 Å². The summed E-state index contributed by atoms with van der Waals surface area (Å²) in [6.07, 6.45) is 6.72. The third-order valence-corrected chi connectivity index (χ3v) is 6.15. The first-order valence-electron chi connectivity index (χ1n) is 12.2. The summed E-state index contributed by atoms with van der Waals surface area (Å²) in [4.78, 5) is 36.2. The molecule has 6 nitrogen and oxygen atoms in total. The molecule has 2 amide bonds. The maximum Gasteiger partial charge on any atom is 0.223 e. The number of nitrogens with zero attached hydrogens (tertiary/aromatic N) is 4. The molecule has 0 radical (unpaired) electrons. The third-order valence-electron chi connectivity index (χ3n) is 6.15. The zero-order valence-electron chi connectivity index (χ0n) is 20.4. The quantitative estimate of drug-likeness (QED) is 0.664. The first kappa shape index (κ1) is 24.9. The van der Waals surface area contributed by atoms with Gasteiger partial charge in [0.2, 0.25) is 11.8 Å². The van der Waals surface area contributed by atoms with Gasteiger partial charge in [-0.2, -0.15) is 0 Å². The van der Waals surface area contributed by atoms with Crippen LogP contribution in [0.2, 0.25) is 0 Å². The van der Waals surface area contributed by atoms with Gasteiger partial charge < -0.3 is 14.7 Å². The highest BCUT2D eigenvalue weighted by Gasteiger charge is 2.22. The predicted molar refractivity (Wildman–Crippen MR) is 133 cm³/mol. The second-order valence-corrected chi connectivity index (χ2v) is 9.37. The molecule has 33 heavy (non-hydrogen) atoms. The molecule has 0 aliphatic carbocycles. The third kappa shape index (κ3) is 7.67. The van der Waals surface area contributed by atoms with E-state index in [1.807, 2.05) is 46.2 Å². The van der Waals surface area contributed by atoms with Crippen molar-refractivity contribution in [3.8, 4) is 0 Å². The van der Waals surface area contributed by atoms with Gasteiger partial charge in [0.15, 0.2) is 0 Å². The van der Waals surface area contributed by atoms with Crippen LogP contribution in [0.25, 0.3) is 0 Å². The van der Waals surface area contributed by atoms with Crippen LogP contribution in [0.4, 0.5) is 5.69 Å². The van der Waals surface area contributed by atoms with Crippen LogP contribution in [-0.4, -0.2) is 59.3 Å². The largest absolute Gasteiger partial charge is 0.337 e. The smallest absolute Gasteiger partial charge is 0.223 e. The van der Waals surface area contributed by atoms with Gasteiger partial charge in [-0.1, -0.05) is 32.0 Å². The highest BCUT2D eigenvalue weighted by molar-refractivity contribution is 5.92. The standard InChI is InChI=1S/C27H38N4O2/c1-22(2)20-29-16-7-17-31(23(3)32)26-10-5-4-9-25(26)21-30(19-18-29)27(33)11-6-8-24-12-14-28-15-13-24/h4-5,9-10,12-15,22H,6-8,11,16-21H2,1-3H3. The Morgan fingerprint density at radius 3 is 2.48 bits per heavy atom. The zero-order chi connectivity index (χ0) is 23.6. The number of carbonyl (C=O) groups excluding carboxylic acids is 2. The molecule has 1 aliphatic rings. The summed E-state index contributed by atoms with van der Waals surface area (Å²) in [5.74, 6) is 0.782. The summed E-state index contributed by atoms with van der Waals surface area (Å²) in [5, 5.41) is 0. The molecule has 1 aromatic carbocycles. The maximum absolute atomic E-state index is 13.3. The number of aromatic nitrogens is 1. The van der Waals surface area contributed by atoms with E-state index >= 15 is 0 Å². The van der Waals surface area contributed by atoms with Crippen molar-refractivity contribution in [2.24, 2.45) is 5.92 Å². The van der Waals surface area contributed by atoms with Crippen LogP contribution in [-0.2, 0) is 22.6 Å². The molecule has 0 saturated carbocycles. The predicted octanol–water partition coefficient (Wildman–Crippen LogP) is 4.15. The van der Waals surface area contributed by atoms with Crippen LogP contribution in [0.1, 0.15) is 51.2 Å². The Bertz CT molecular complexity index is 900. The molecule has 1 aliphatic heterocycles. The van der Waals surface area contributed by atoms with Gasteiger partial charge >= 0.3 is 0 Å². The lowest BCUT2D eigenvalue weighted by molar-refractivity contribution is -0.132. The number of anilines is 1. The van der Waals surface area contributed by atoms with Gasteiger partial charge in [0, 0.05) is 64.1 Å². The van der Waals surface area contributed by atoms with E-state index in [1.54, 1.807) is 19.3 Å². The molecule has 0 bridgehead atoms. The summed E-state index contributed by atoms with van der Waals surface area (Å²) >= 11 is 0. The summed E-state index contributed by atoms with van der Waals surface area (Å²) in [6, 6.07) is 12.0. The number of aryl methyl sites for hydroxylation is 1. The molecule has 0 atom stereocenters. The molecule has 178 valence electrons. The second-order valence-electron chi connectivity index (χ2n) is 9.37. The van der Waals surface area contributed by atoms with Crippen molar-refractivity contribution >= 4 is 17.5 Å². The summed E-state index contributed by atoms with van der Waals surface area (Å²) in [5.41, 5.74) is 3.17. The van der Waals surface area contributed by atoms with Crippen molar-refractivity contribution in [3.05, 3.63) is 59.9 Å². The topological polar surface area (TPSA) is 56.8 Å². The minimum atomic E-state index is 0.0485. The van der Waals surface area contributed by atoms with Crippen molar-refractivity contribution in [2.75, 3.05) is 37.6 Å². The van der Waals surface area contributed by atoms with Crippen molar-refractivity contribution in [2.45, 2.75) is 53.0 Å². The molecule has 2 heterocycles. The SMILES string of the molecule is CC(=O)N1CCCN(CC(C)C)CCN(C(=O)CCCc2ccncc2)Cc2ccccc21. The first-order valence-corrected chi connectivity index (χ1v) is 12.2. The monoisotopic (exact) mass is 450 g/mol. The number of amides is 2. The van der Waals surface area contributed by atoms with Crippen molar-refractivity contribution in [3.63, 3.8) is 0 Å². The van der Waals surface area contributed by atoms with E-state index in [0.29, 0.717) is 32.0 Å². The highest BCUT2D eigenvalue weighted by atomic mass is 16.2. The van der Waals surface area contributed by atoms with Crippen LogP contribution in [0.3, 0.4) is 0 Å². The molecule has 0 spiro atoms. The van der Waals surface area contributed by atoms with Crippen LogP contribution >= 0.6 is 0 Å². The molecule has 0 saturated heterocycles. The van der Waals surface area contributed by atoms with Crippen LogP contribution < -0.4 is 4.90 Å². The normalized spacial score (nSPS) is 15.8. The Morgan fingerprint density at radius 1 is 1.00 bits per heavy atom. The Labute approximate surface area is 198 Å². The fourth-order valence-electron chi connectivity index (χ4n) is 4.53. The fourth-order valence-corrected chi connectivity index (χ4v) is 4.53. The lowest BCUT2D eigenvalue weighted by Crippen LogP contribution is -2.40. The lowest BCUT2D eigenvalue weighted by atomic mass is 10.1. The van der Waals surface area contributed by atoms with E-state index in [9.17, 15) is 9.59 Å². The number of fused-ring (bicyclic) bond motifs is 1. The summed E-state index contributed by atoms with van der Waals surface area (Å²) < 4.78 is 0. The van der Waals surface area contributed by atoms with Gasteiger partial charge in [-0.15, -0.1) is 0 Å². The highest BCUT2D eigenvalue weighted by Crippen LogP contribution is 2.24. The Balaban J connectivity index is 1.78. The minimum Gasteiger partial charge on any atom is -0.337 e. The molecule has 0 unspecified atom stereocenters. The minimum absolute atomic E-state index is 0.0485. The molecule has 6 heteroatoms. The van der Waals surface area contributed by atoms with E-state index in [0.717, 1.165) is 50.1 Å². The Hall–Kier alpha value is -2.73. The number of hydrogen-bond acceptors (Lipinski definition) is 4. The fraction of sp³-hybridized carbons (Fsp3) is 0.519. The summed E-state index contributed by atoms with van der Waals surface area (Å²) in [6.45, 7) is 10.8. The van der Waals surface area contributed by atoms with Crippen LogP contribution in [0.5, 0.6) is 0 Å². The van der Waals surface area contributed by atoms with Gasteiger partial charge in [-0.25, -0.2) is 0 Å². The number of hydrogen-bond donors (Lipinski definition) is 0. The molecule has 0 N–H and O–H groups in total. The van der Waals surface area contributed by atoms with E-state index in [-0.39, 0.29) is 11.8 Å². The van der Waals surface area contributed by atoms with E-state index < -0.39 is 0 Å². The van der Waals surface area contributed by atoms with Gasteiger partial charge in [0.05, 0.1) is 0 Å². The average molecular weight is 451 g/mol. The van der Waals surface area contributed by atoms with Gasteiger partial charge in [0.1, 0.15) is 0 Å². The molecule has 1 aromatic heterocycles. The molecule has 2 aromatic rings. The Kier molecular flexibility index (Phi) is 9.43. The van der Waals surface area contributed by atoms with Crippen LogP contribution in [0.15, 0.2) is 48.8 Å². The number of rotatable bonds is 6. The average Bonchev–Trinajstić information content (AvgIpc) is 2.82. The first-order chi connectivity index (χ1) is 15.9. The summed E-state index contributed by atoms with van der Waals surface area (Å²) in [7, 11) is 0. The number of para-hydroxylation sites is 1. The van der Waals surface area contributed by atoms with E-state index in [4.69, 9.17) is 0 Å². The number of pyridine rings is 1. The number of benzene rings is 1. The maximum atomic E-state index is 13.3. The van der Waals surface area contributed by atoms with E-state index in [1.165, 1.54) is 5.56 Å². The molecular weight excluding hydrogens is 412 g/mol. The van der Waals surface area contributed by atoms with Crippen molar-refractivity contribution < 1.29 is 9.59 Å². The lowest BCUT2D eigenvalue weighted by Gasteiger charge is -2.29. The number of carbonyl (C=O) groups is 2. The van der Waals surface area contributed by atoms with Gasteiger partial charge in [-0.3, -0.25) is 14.6 Å². The molecule has 0 fully saturated rings. The Morgan fingerprint density at radius 2 is 1.76 bits per heavy atom. The van der Waals surface area contributed by atoms with E-state index in [2.05, 4.69) is 23.7 Å². The van der Waals surface area contributed by atoms with Crippen molar-refractivity contribution in [1.82, 2.24) is 14.8 Å². The molecule has 3 rings (SSSR count). The van der Waals surface area contributed by atoms with Gasteiger partial charge in [0.25, 0.3) is 0 Å². The second kappa shape index (κ2) is 12.5. The zero-order valence-corrected chi connectivity index (χ0v) is 20.4. The van der Waals surface area contributed by atoms with Crippen LogP contribution in [0, 0.1) is 5.92 Å². The molecular formula is C27H38N4O2. The van der Waals surface area contributed by atoms with Gasteiger partial charge in [-0.05, 0) is 61.1 Å².